The number of nitrogens with zero attached hydrogens (tertiary/aromatic N) is 2. The van der Waals surface area contributed by atoms with Crippen molar-refractivity contribution in [3.8, 4) is 0 Å². The predicted octanol–water partition coefficient (Wildman–Crippen LogP) is 2.91. The van der Waals surface area contributed by atoms with Gasteiger partial charge < -0.3 is 10.2 Å². The molecule has 0 aliphatic carbocycles. The highest BCUT2D eigenvalue weighted by molar-refractivity contribution is 8.00. The second-order valence-corrected chi connectivity index (χ2v) is 6.66. The lowest BCUT2D eigenvalue weighted by molar-refractivity contribution is 0.610. The van der Waals surface area contributed by atoms with Gasteiger partial charge in [-0.05, 0) is 26.0 Å². The minimum atomic E-state index is 0.554. The van der Waals surface area contributed by atoms with Crippen molar-refractivity contribution in [3.63, 3.8) is 0 Å². The van der Waals surface area contributed by atoms with Gasteiger partial charge >= 0.3 is 0 Å². The maximum absolute atomic E-state index is 4.64. The van der Waals surface area contributed by atoms with Gasteiger partial charge in [-0.3, -0.25) is 0 Å². The Balaban J connectivity index is 2.13. The summed E-state index contributed by atoms with van der Waals surface area (Å²) in [5, 5.41) is 4.16. The zero-order chi connectivity index (χ0) is 13.7. The van der Waals surface area contributed by atoms with Gasteiger partial charge in [0.25, 0.3) is 0 Å². The number of hydrogen-bond donors (Lipinski definition) is 1. The number of rotatable bonds is 5. The number of hydrogen-bond acceptors (Lipinski definition) is 4. The normalized spacial score (nSPS) is 23.6. The van der Waals surface area contributed by atoms with Gasteiger partial charge in [0.15, 0.2) is 0 Å². The van der Waals surface area contributed by atoms with E-state index in [0.29, 0.717) is 11.3 Å². The number of thioether (sulfide) groups is 1. The molecule has 1 aromatic heterocycles. The average Bonchev–Trinajstić information content (AvgIpc) is 2.43. The third-order valence-corrected chi connectivity index (χ3v) is 5.10. The molecule has 0 aromatic carbocycles. The summed E-state index contributed by atoms with van der Waals surface area (Å²) in [6.45, 7) is 9.92. The molecule has 0 saturated carbocycles. The summed E-state index contributed by atoms with van der Waals surface area (Å²) in [7, 11) is 0. The van der Waals surface area contributed by atoms with Crippen LogP contribution < -0.4 is 10.2 Å². The molecule has 3 nitrogen and oxygen atoms in total. The van der Waals surface area contributed by atoms with Crippen molar-refractivity contribution in [1.29, 1.82) is 0 Å². The molecule has 0 amide bonds. The highest BCUT2D eigenvalue weighted by Crippen LogP contribution is 2.29. The molecule has 1 aromatic rings. The fourth-order valence-electron chi connectivity index (χ4n) is 2.46. The quantitative estimate of drug-likeness (QED) is 0.839. The average molecular weight is 279 g/mol. The molecule has 2 unspecified atom stereocenters. The van der Waals surface area contributed by atoms with Crippen molar-refractivity contribution in [1.82, 2.24) is 10.3 Å². The molecule has 1 N–H and O–H groups in total. The van der Waals surface area contributed by atoms with E-state index in [-0.39, 0.29) is 0 Å². The topological polar surface area (TPSA) is 28.2 Å². The maximum Gasteiger partial charge on any atom is 0.133 e. The molecule has 0 bridgehead atoms. The Labute approximate surface area is 121 Å². The summed E-state index contributed by atoms with van der Waals surface area (Å²) in [6, 6.07) is 4.79. The standard InChI is InChI=1S/C15H25N3S/c1-4-7-16-11-14-6-5-8-17-15(14)18-9-10-19-13(3)12(18)2/h5-6,8,12-13,16H,4,7,9-11H2,1-3H3. The first kappa shape index (κ1) is 14.7. The van der Waals surface area contributed by atoms with E-state index in [9.17, 15) is 0 Å². The number of aromatic nitrogens is 1. The second kappa shape index (κ2) is 7.15. The van der Waals surface area contributed by atoms with Crippen LogP contribution in [0.15, 0.2) is 18.3 Å². The largest absolute Gasteiger partial charge is 0.352 e. The van der Waals surface area contributed by atoms with E-state index in [1.165, 1.54) is 23.6 Å². The van der Waals surface area contributed by atoms with Crippen LogP contribution >= 0.6 is 11.8 Å². The van der Waals surface area contributed by atoms with Gasteiger partial charge in [-0.1, -0.05) is 19.9 Å². The van der Waals surface area contributed by atoms with E-state index in [0.717, 1.165) is 19.6 Å². The second-order valence-electron chi connectivity index (χ2n) is 5.17. The molecule has 0 radical (unpaired) electrons. The smallest absolute Gasteiger partial charge is 0.133 e. The van der Waals surface area contributed by atoms with Crippen LogP contribution in [-0.4, -0.2) is 35.1 Å². The molecule has 19 heavy (non-hydrogen) atoms. The van der Waals surface area contributed by atoms with Gasteiger partial charge in [0.1, 0.15) is 5.82 Å². The monoisotopic (exact) mass is 279 g/mol. The third kappa shape index (κ3) is 3.63. The Morgan fingerprint density at radius 1 is 1.47 bits per heavy atom. The Morgan fingerprint density at radius 2 is 2.32 bits per heavy atom. The molecule has 2 heterocycles. The Kier molecular flexibility index (Phi) is 5.52. The third-order valence-electron chi connectivity index (χ3n) is 3.77. The van der Waals surface area contributed by atoms with Crippen LogP contribution in [-0.2, 0) is 6.54 Å². The first-order valence-corrected chi connectivity index (χ1v) is 8.31. The summed E-state index contributed by atoms with van der Waals surface area (Å²) in [4.78, 5) is 7.12. The fraction of sp³-hybridized carbons (Fsp3) is 0.667. The van der Waals surface area contributed by atoms with Crippen LogP contribution in [0.25, 0.3) is 0 Å². The van der Waals surface area contributed by atoms with Crippen LogP contribution in [0.3, 0.4) is 0 Å². The first-order valence-electron chi connectivity index (χ1n) is 7.27. The van der Waals surface area contributed by atoms with Crippen molar-refractivity contribution in [2.45, 2.75) is 45.0 Å². The van der Waals surface area contributed by atoms with E-state index >= 15 is 0 Å². The molecule has 1 aliphatic heterocycles. The minimum absolute atomic E-state index is 0.554. The van der Waals surface area contributed by atoms with Crippen LogP contribution in [0.1, 0.15) is 32.8 Å². The van der Waals surface area contributed by atoms with Gasteiger partial charge in [0, 0.05) is 41.9 Å². The van der Waals surface area contributed by atoms with E-state index in [1.54, 1.807) is 0 Å². The molecule has 0 spiro atoms. The number of nitrogens with one attached hydrogen (secondary N) is 1. The maximum atomic E-state index is 4.64. The van der Waals surface area contributed by atoms with E-state index in [2.05, 4.69) is 53.8 Å². The molecular formula is C15H25N3S. The zero-order valence-electron chi connectivity index (χ0n) is 12.2. The van der Waals surface area contributed by atoms with Gasteiger partial charge in [-0.2, -0.15) is 11.8 Å². The summed E-state index contributed by atoms with van der Waals surface area (Å²) < 4.78 is 0. The van der Waals surface area contributed by atoms with Crippen molar-refractivity contribution < 1.29 is 0 Å². The molecule has 1 fully saturated rings. The fourth-order valence-corrected chi connectivity index (χ4v) is 3.56. The van der Waals surface area contributed by atoms with Crippen molar-refractivity contribution >= 4 is 17.6 Å². The van der Waals surface area contributed by atoms with Crippen molar-refractivity contribution in [2.75, 3.05) is 23.7 Å². The zero-order valence-corrected chi connectivity index (χ0v) is 13.0. The molecule has 106 valence electrons. The van der Waals surface area contributed by atoms with Gasteiger partial charge in [0.05, 0.1) is 0 Å². The molecule has 1 aliphatic rings. The van der Waals surface area contributed by atoms with Crippen molar-refractivity contribution in [3.05, 3.63) is 23.9 Å². The lowest BCUT2D eigenvalue weighted by Gasteiger charge is -2.39. The molecule has 2 atom stereocenters. The van der Waals surface area contributed by atoms with Crippen LogP contribution in [0.5, 0.6) is 0 Å². The SMILES string of the molecule is CCCNCc1cccnc1N1CCSC(C)C1C. The van der Waals surface area contributed by atoms with Gasteiger partial charge in [0.2, 0.25) is 0 Å². The Morgan fingerprint density at radius 3 is 3.11 bits per heavy atom. The first-order chi connectivity index (χ1) is 9.24. The van der Waals surface area contributed by atoms with Crippen LogP contribution in [0, 0.1) is 0 Å². The summed E-state index contributed by atoms with van der Waals surface area (Å²) in [6.07, 6.45) is 3.08. The van der Waals surface area contributed by atoms with E-state index in [1.807, 2.05) is 12.3 Å². The lowest BCUT2D eigenvalue weighted by Crippen LogP contribution is -2.45. The minimum Gasteiger partial charge on any atom is -0.352 e. The Hall–Kier alpha value is -0.740. The van der Waals surface area contributed by atoms with Gasteiger partial charge in [-0.25, -0.2) is 4.98 Å². The molecule has 1 saturated heterocycles. The number of pyridine rings is 1. The summed E-state index contributed by atoms with van der Waals surface area (Å²) >= 11 is 2.07. The number of anilines is 1. The summed E-state index contributed by atoms with van der Waals surface area (Å²) in [5.74, 6) is 2.37. The van der Waals surface area contributed by atoms with Crippen LogP contribution in [0.4, 0.5) is 5.82 Å². The molecule has 2 rings (SSSR count). The van der Waals surface area contributed by atoms with E-state index < -0.39 is 0 Å². The predicted molar refractivity (Wildman–Crippen MR) is 85.0 cm³/mol. The van der Waals surface area contributed by atoms with Crippen molar-refractivity contribution in [2.24, 2.45) is 0 Å². The molecule has 4 heteroatoms. The highest BCUT2D eigenvalue weighted by Gasteiger charge is 2.27. The van der Waals surface area contributed by atoms with E-state index in [4.69, 9.17) is 0 Å². The highest BCUT2D eigenvalue weighted by atomic mass is 32.2. The lowest BCUT2D eigenvalue weighted by atomic mass is 10.1. The van der Waals surface area contributed by atoms with Gasteiger partial charge in [-0.15, -0.1) is 0 Å². The van der Waals surface area contributed by atoms with Crippen LogP contribution in [0.2, 0.25) is 0 Å². The Bertz CT molecular complexity index is 397. The summed E-state index contributed by atoms with van der Waals surface area (Å²) in [5.41, 5.74) is 1.32. The molecular weight excluding hydrogens is 254 g/mol.